The smallest absolute Gasteiger partial charge is 0.243 e. The lowest BCUT2D eigenvalue weighted by molar-refractivity contribution is -0.130. The van der Waals surface area contributed by atoms with Crippen molar-refractivity contribution in [2.45, 2.75) is 11.8 Å². The topological polar surface area (TPSA) is 104 Å². The van der Waals surface area contributed by atoms with Gasteiger partial charge in [-0.3, -0.25) is 9.10 Å². The molecule has 4 rings (SSSR count). The predicted molar refractivity (Wildman–Crippen MR) is 142 cm³/mol. The van der Waals surface area contributed by atoms with E-state index in [-0.39, 0.29) is 36.8 Å². The second-order valence-electron chi connectivity index (χ2n) is 8.75. The molecular formula is C26H29N3O6S2. The van der Waals surface area contributed by atoms with E-state index in [9.17, 15) is 21.6 Å². The van der Waals surface area contributed by atoms with Gasteiger partial charge < -0.3 is 9.64 Å². The van der Waals surface area contributed by atoms with Crippen molar-refractivity contribution >= 4 is 31.6 Å². The van der Waals surface area contributed by atoms with Crippen molar-refractivity contribution in [2.75, 3.05) is 43.3 Å². The maximum absolute atomic E-state index is 13.2. The summed E-state index contributed by atoms with van der Waals surface area (Å²) in [4.78, 5) is 14.9. The van der Waals surface area contributed by atoms with Gasteiger partial charge >= 0.3 is 0 Å². The minimum Gasteiger partial charge on any atom is -0.455 e. The fraction of sp³-hybridized carbons (Fsp3) is 0.269. The lowest BCUT2D eigenvalue weighted by atomic mass is 10.2. The van der Waals surface area contributed by atoms with Crippen molar-refractivity contribution in [3.8, 4) is 11.5 Å². The lowest BCUT2D eigenvalue weighted by Crippen LogP contribution is -2.53. The van der Waals surface area contributed by atoms with Gasteiger partial charge in [-0.1, -0.05) is 48.0 Å². The minimum absolute atomic E-state index is 0.120. The number of rotatable bonds is 8. The number of nitrogens with zero attached hydrogens (tertiary/aromatic N) is 3. The largest absolute Gasteiger partial charge is 0.455 e. The summed E-state index contributed by atoms with van der Waals surface area (Å²) < 4.78 is 59.7. The first-order chi connectivity index (χ1) is 17.6. The van der Waals surface area contributed by atoms with Crippen molar-refractivity contribution in [3.63, 3.8) is 0 Å². The molecule has 0 spiro atoms. The molecule has 1 heterocycles. The SMILES string of the molecule is Cc1ccc(S(=O)(=O)N2CCN(C(=O)CN(c3ccccc3Oc3ccccc3)S(C)(=O)=O)CC2)cc1. The summed E-state index contributed by atoms with van der Waals surface area (Å²) in [5.41, 5.74) is 1.20. The van der Waals surface area contributed by atoms with Crippen molar-refractivity contribution in [3.05, 3.63) is 84.4 Å². The molecule has 0 bridgehead atoms. The number of piperazine rings is 1. The number of anilines is 1. The molecule has 9 nitrogen and oxygen atoms in total. The number of sulfonamides is 2. The third kappa shape index (κ3) is 6.30. The minimum atomic E-state index is -3.84. The van der Waals surface area contributed by atoms with Gasteiger partial charge in [0.25, 0.3) is 0 Å². The van der Waals surface area contributed by atoms with E-state index < -0.39 is 32.5 Å². The zero-order valence-corrected chi connectivity index (χ0v) is 22.3. The van der Waals surface area contributed by atoms with Crippen LogP contribution in [0.3, 0.4) is 0 Å². The van der Waals surface area contributed by atoms with Crippen molar-refractivity contribution in [1.82, 2.24) is 9.21 Å². The summed E-state index contributed by atoms with van der Waals surface area (Å²) in [6.45, 7) is 2.00. The van der Waals surface area contributed by atoms with Crippen molar-refractivity contribution < 1.29 is 26.4 Å². The summed E-state index contributed by atoms with van der Waals surface area (Å²) in [6.07, 6.45) is 1.03. The second kappa shape index (κ2) is 10.9. The number of carbonyl (C=O) groups excluding carboxylic acids is 1. The number of hydrogen-bond donors (Lipinski definition) is 0. The van der Waals surface area contributed by atoms with Crippen LogP contribution in [-0.2, 0) is 24.8 Å². The molecule has 1 aliphatic heterocycles. The van der Waals surface area contributed by atoms with Gasteiger partial charge in [-0.25, -0.2) is 16.8 Å². The number of para-hydroxylation sites is 3. The molecule has 0 aliphatic carbocycles. The van der Waals surface area contributed by atoms with E-state index in [2.05, 4.69) is 0 Å². The highest BCUT2D eigenvalue weighted by Gasteiger charge is 2.32. The Morgan fingerprint density at radius 3 is 2.05 bits per heavy atom. The van der Waals surface area contributed by atoms with Crippen LogP contribution in [0.25, 0.3) is 0 Å². The third-order valence-corrected chi connectivity index (χ3v) is 9.07. The quantitative estimate of drug-likeness (QED) is 0.433. The van der Waals surface area contributed by atoms with E-state index >= 15 is 0 Å². The molecule has 1 aliphatic rings. The molecule has 0 radical (unpaired) electrons. The molecule has 1 fully saturated rings. The van der Waals surface area contributed by atoms with Crippen LogP contribution in [0.1, 0.15) is 5.56 Å². The Morgan fingerprint density at radius 1 is 0.838 bits per heavy atom. The molecule has 0 aromatic heterocycles. The van der Waals surface area contributed by atoms with Gasteiger partial charge in [0.2, 0.25) is 26.0 Å². The van der Waals surface area contributed by atoms with E-state index in [4.69, 9.17) is 4.74 Å². The molecule has 0 saturated carbocycles. The van der Waals surface area contributed by atoms with E-state index in [1.54, 1.807) is 72.8 Å². The highest BCUT2D eigenvalue weighted by molar-refractivity contribution is 7.92. The average Bonchev–Trinajstić information content (AvgIpc) is 2.88. The van der Waals surface area contributed by atoms with Crippen molar-refractivity contribution in [1.29, 1.82) is 0 Å². The Morgan fingerprint density at radius 2 is 1.43 bits per heavy atom. The molecule has 1 saturated heterocycles. The van der Waals surface area contributed by atoms with E-state index in [1.165, 1.54) is 9.21 Å². The predicted octanol–water partition coefficient (Wildman–Crippen LogP) is 3.09. The zero-order valence-electron chi connectivity index (χ0n) is 20.6. The number of ether oxygens (including phenoxy) is 1. The van der Waals surface area contributed by atoms with Gasteiger partial charge in [0.1, 0.15) is 12.3 Å². The monoisotopic (exact) mass is 543 g/mol. The van der Waals surface area contributed by atoms with Crippen LogP contribution in [0.5, 0.6) is 11.5 Å². The first-order valence-corrected chi connectivity index (χ1v) is 15.0. The van der Waals surface area contributed by atoms with Gasteiger partial charge in [-0.05, 0) is 43.3 Å². The summed E-state index contributed by atoms with van der Waals surface area (Å²) in [5, 5.41) is 0. The number of benzene rings is 3. The molecule has 0 atom stereocenters. The van der Waals surface area contributed by atoms with Crippen LogP contribution in [0.2, 0.25) is 0 Å². The van der Waals surface area contributed by atoms with Gasteiger partial charge in [0.15, 0.2) is 5.75 Å². The van der Waals surface area contributed by atoms with E-state index in [0.717, 1.165) is 16.1 Å². The lowest BCUT2D eigenvalue weighted by Gasteiger charge is -2.35. The fourth-order valence-corrected chi connectivity index (χ4v) is 6.28. The number of carbonyl (C=O) groups is 1. The first kappa shape index (κ1) is 26.6. The maximum atomic E-state index is 13.2. The molecule has 0 unspecified atom stereocenters. The van der Waals surface area contributed by atoms with Crippen LogP contribution < -0.4 is 9.04 Å². The molecule has 3 aromatic carbocycles. The highest BCUT2D eigenvalue weighted by atomic mass is 32.2. The molecule has 11 heteroatoms. The summed E-state index contributed by atoms with van der Waals surface area (Å²) in [7, 11) is -7.52. The highest BCUT2D eigenvalue weighted by Crippen LogP contribution is 2.33. The molecule has 37 heavy (non-hydrogen) atoms. The molecule has 1 amide bonds. The average molecular weight is 544 g/mol. The van der Waals surface area contributed by atoms with Gasteiger partial charge in [-0.2, -0.15) is 4.31 Å². The summed E-state index contributed by atoms with van der Waals surface area (Å²) in [6, 6.07) is 22.2. The normalized spacial score (nSPS) is 14.8. The zero-order chi connectivity index (χ0) is 26.6. The Labute approximate surface area is 218 Å². The van der Waals surface area contributed by atoms with Crippen LogP contribution in [-0.4, -0.2) is 70.9 Å². The van der Waals surface area contributed by atoms with Gasteiger partial charge in [0, 0.05) is 26.2 Å². The van der Waals surface area contributed by atoms with Crippen LogP contribution in [0.15, 0.2) is 83.8 Å². The van der Waals surface area contributed by atoms with E-state index in [1.807, 2.05) is 13.0 Å². The summed E-state index contributed by atoms with van der Waals surface area (Å²) >= 11 is 0. The number of aryl methyl sites for hydroxylation is 1. The van der Waals surface area contributed by atoms with Crippen LogP contribution in [0, 0.1) is 6.92 Å². The van der Waals surface area contributed by atoms with Gasteiger partial charge in [0.05, 0.1) is 16.8 Å². The van der Waals surface area contributed by atoms with Crippen molar-refractivity contribution in [2.24, 2.45) is 0 Å². The molecule has 196 valence electrons. The summed E-state index contributed by atoms with van der Waals surface area (Å²) in [5.74, 6) is 0.397. The van der Waals surface area contributed by atoms with Gasteiger partial charge in [-0.15, -0.1) is 0 Å². The molecule has 0 N–H and O–H groups in total. The van der Waals surface area contributed by atoms with E-state index in [0.29, 0.717) is 11.5 Å². The fourth-order valence-electron chi connectivity index (χ4n) is 4.01. The molecular weight excluding hydrogens is 514 g/mol. The first-order valence-electron chi connectivity index (χ1n) is 11.7. The Hall–Kier alpha value is -3.41. The Bertz CT molecular complexity index is 1450. The number of amides is 1. The second-order valence-corrected chi connectivity index (χ2v) is 12.6. The third-order valence-electron chi connectivity index (χ3n) is 6.03. The van der Waals surface area contributed by atoms with Crippen LogP contribution in [0.4, 0.5) is 5.69 Å². The molecule has 3 aromatic rings. The standard InChI is InChI=1S/C26H29N3O6S2/c1-21-12-14-23(15-13-21)37(33,34)28-18-16-27(17-19-28)26(30)20-29(36(2,31)32)24-10-6-7-11-25(24)35-22-8-4-3-5-9-22/h3-15H,16-20H2,1-2H3. The Kier molecular flexibility index (Phi) is 7.86. The maximum Gasteiger partial charge on any atom is 0.243 e. The number of hydrogen-bond acceptors (Lipinski definition) is 6. The Balaban J connectivity index is 1.48. The van der Waals surface area contributed by atoms with Crippen LogP contribution >= 0.6 is 0 Å².